The summed E-state index contributed by atoms with van der Waals surface area (Å²) in [6, 6.07) is 3.60. The fourth-order valence-electron chi connectivity index (χ4n) is 2.09. The van der Waals surface area contributed by atoms with E-state index in [-0.39, 0.29) is 6.61 Å². The van der Waals surface area contributed by atoms with Crippen LogP contribution in [0.3, 0.4) is 0 Å². The molecule has 0 aliphatic rings. The number of rotatable bonds is 5. The highest BCUT2D eigenvalue weighted by Crippen LogP contribution is 2.22. The average Bonchev–Trinajstić information content (AvgIpc) is 3.16. The molecule has 0 unspecified atom stereocenters. The molecule has 0 bridgehead atoms. The SMILES string of the molecule is Cc1ncsc1CCn1ccnc1-c1ccc(CO)o1. The predicted octanol–water partition coefficient (Wildman–Crippen LogP) is 2.64. The van der Waals surface area contributed by atoms with Gasteiger partial charge in [-0.15, -0.1) is 11.3 Å². The second-order valence-electron chi connectivity index (χ2n) is 4.48. The summed E-state index contributed by atoms with van der Waals surface area (Å²) in [4.78, 5) is 9.88. The Kier molecular flexibility index (Phi) is 3.66. The van der Waals surface area contributed by atoms with E-state index in [0.717, 1.165) is 24.5 Å². The van der Waals surface area contributed by atoms with Gasteiger partial charge >= 0.3 is 0 Å². The molecule has 0 atom stereocenters. The highest BCUT2D eigenvalue weighted by Gasteiger charge is 2.11. The van der Waals surface area contributed by atoms with Crippen LogP contribution in [0.15, 0.2) is 34.5 Å². The molecule has 1 N–H and O–H groups in total. The minimum atomic E-state index is -0.0965. The topological polar surface area (TPSA) is 64.1 Å². The van der Waals surface area contributed by atoms with Crippen LogP contribution in [0.2, 0.25) is 0 Å². The van der Waals surface area contributed by atoms with Gasteiger partial charge in [-0.1, -0.05) is 0 Å². The smallest absolute Gasteiger partial charge is 0.176 e. The Balaban J connectivity index is 1.78. The zero-order valence-electron chi connectivity index (χ0n) is 11.1. The van der Waals surface area contributed by atoms with E-state index in [1.807, 2.05) is 24.7 Å². The largest absolute Gasteiger partial charge is 0.455 e. The van der Waals surface area contributed by atoms with E-state index in [9.17, 15) is 0 Å². The molecular weight excluding hydrogens is 274 g/mol. The Morgan fingerprint density at radius 3 is 2.95 bits per heavy atom. The second-order valence-corrected chi connectivity index (χ2v) is 5.42. The Bertz CT molecular complexity index is 699. The molecule has 0 radical (unpaired) electrons. The molecule has 20 heavy (non-hydrogen) atoms. The molecule has 6 heteroatoms. The number of aryl methyl sites for hydroxylation is 3. The van der Waals surface area contributed by atoms with Gasteiger partial charge in [-0.2, -0.15) is 0 Å². The fourth-order valence-corrected chi connectivity index (χ4v) is 2.86. The Labute approximate surface area is 120 Å². The third kappa shape index (κ3) is 2.52. The van der Waals surface area contributed by atoms with Crippen LogP contribution in [-0.2, 0) is 19.6 Å². The number of nitrogens with zero attached hydrogens (tertiary/aromatic N) is 3. The van der Waals surface area contributed by atoms with E-state index in [1.54, 1.807) is 23.6 Å². The van der Waals surface area contributed by atoms with Crippen LogP contribution in [0.5, 0.6) is 0 Å². The summed E-state index contributed by atoms with van der Waals surface area (Å²) in [6.07, 6.45) is 4.62. The van der Waals surface area contributed by atoms with Crippen LogP contribution in [0.4, 0.5) is 0 Å². The molecule has 0 aromatic carbocycles. The number of aliphatic hydroxyl groups is 1. The van der Waals surface area contributed by atoms with E-state index >= 15 is 0 Å². The Morgan fingerprint density at radius 1 is 1.35 bits per heavy atom. The van der Waals surface area contributed by atoms with Crippen molar-refractivity contribution in [3.8, 4) is 11.6 Å². The van der Waals surface area contributed by atoms with Crippen LogP contribution in [0.1, 0.15) is 16.3 Å². The van der Waals surface area contributed by atoms with Crippen LogP contribution in [0.25, 0.3) is 11.6 Å². The minimum Gasteiger partial charge on any atom is -0.455 e. The van der Waals surface area contributed by atoms with Crippen LogP contribution < -0.4 is 0 Å². The summed E-state index contributed by atoms with van der Waals surface area (Å²) < 4.78 is 7.59. The molecule has 0 amide bonds. The standard InChI is InChI=1S/C14H15N3O2S/c1-10-13(20-9-16-10)4-6-17-7-5-15-14(17)12-3-2-11(8-18)19-12/h2-3,5,7,9,18H,4,6,8H2,1H3. The van der Waals surface area contributed by atoms with Gasteiger partial charge < -0.3 is 14.1 Å². The van der Waals surface area contributed by atoms with Crippen molar-refractivity contribution in [2.75, 3.05) is 0 Å². The number of thiazole rings is 1. The van der Waals surface area contributed by atoms with Crippen molar-refractivity contribution in [1.29, 1.82) is 0 Å². The van der Waals surface area contributed by atoms with Crippen molar-refractivity contribution in [3.63, 3.8) is 0 Å². The van der Waals surface area contributed by atoms with Crippen molar-refractivity contribution in [1.82, 2.24) is 14.5 Å². The highest BCUT2D eigenvalue weighted by molar-refractivity contribution is 7.09. The first-order valence-electron chi connectivity index (χ1n) is 6.38. The van der Waals surface area contributed by atoms with E-state index in [2.05, 4.69) is 14.5 Å². The summed E-state index contributed by atoms with van der Waals surface area (Å²) in [7, 11) is 0. The third-order valence-corrected chi connectivity index (χ3v) is 4.17. The molecule has 3 rings (SSSR count). The number of hydrogen-bond acceptors (Lipinski definition) is 5. The summed E-state index contributed by atoms with van der Waals surface area (Å²) in [5, 5.41) is 9.05. The van der Waals surface area contributed by atoms with Gasteiger partial charge in [0.15, 0.2) is 11.6 Å². The van der Waals surface area contributed by atoms with Crippen molar-refractivity contribution in [2.45, 2.75) is 26.5 Å². The maximum Gasteiger partial charge on any atom is 0.176 e. The van der Waals surface area contributed by atoms with E-state index in [0.29, 0.717) is 11.5 Å². The molecule has 0 spiro atoms. The van der Waals surface area contributed by atoms with Crippen molar-refractivity contribution < 1.29 is 9.52 Å². The summed E-state index contributed by atoms with van der Waals surface area (Å²) in [5.74, 6) is 2.01. The van der Waals surface area contributed by atoms with Crippen molar-refractivity contribution >= 4 is 11.3 Å². The maximum absolute atomic E-state index is 9.05. The van der Waals surface area contributed by atoms with E-state index in [4.69, 9.17) is 9.52 Å². The summed E-state index contributed by atoms with van der Waals surface area (Å²) >= 11 is 1.68. The number of hydrogen-bond donors (Lipinski definition) is 1. The number of furan rings is 1. The number of imidazole rings is 1. The van der Waals surface area contributed by atoms with E-state index < -0.39 is 0 Å². The van der Waals surface area contributed by atoms with E-state index in [1.165, 1.54) is 4.88 Å². The molecule has 0 aliphatic heterocycles. The van der Waals surface area contributed by atoms with Gasteiger partial charge in [-0.05, 0) is 19.1 Å². The zero-order valence-corrected chi connectivity index (χ0v) is 11.9. The predicted molar refractivity (Wildman–Crippen MR) is 76.4 cm³/mol. The van der Waals surface area contributed by atoms with Crippen LogP contribution in [0, 0.1) is 6.92 Å². The molecule has 5 nitrogen and oxygen atoms in total. The van der Waals surface area contributed by atoms with Crippen LogP contribution >= 0.6 is 11.3 Å². The van der Waals surface area contributed by atoms with Gasteiger partial charge in [-0.25, -0.2) is 9.97 Å². The lowest BCUT2D eigenvalue weighted by Crippen LogP contribution is -2.02. The first-order valence-corrected chi connectivity index (χ1v) is 7.26. The quantitative estimate of drug-likeness (QED) is 0.784. The lowest BCUT2D eigenvalue weighted by molar-refractivity contribution is 0.248. The van der Waals surface area contributed by atoms with Gasteiger partial charge in [0.25, 0.3) is 0 Å². The summed E-state index contributed by atoms with van der Waals surface area (Å²) in [5.41, 5.74) is 2.97. The van der Waals surface area contributed by atoms with Gasteiger partial charge in [0.1, 0.15) is 12.4 Å². The molecule has 3 heterocycles. The molecule has 0 aliphatic carbocycles. The summed E-state index contributed by atoms with van der Waals surface area (Å²) in [6.45, 7) is 2.76. The fraction of sp³-hybridized carbons (Fsp3) is 0.286. The van der Waals surface area contributed by atoms with Crippen LogP contribution in [-0.4, -0.2) is 19.6 Å². The van der Waals surface area contributed by atoms with Crippen molar-refractivity contribution in [2.24, 2.45) is 0 Å². The molecule has 104 valence electrons. The first kappa shape index (κ1) is 13.1. The number of aromatic nitrogens is 3. The average molecular weight is 289 g/mol. The molecule has 0 saturated carbocycles. The van der Waals surface area contributed by atoms with Gasteiger partial charge in [-0.3, -0.25) is 0 Å². The number of aliphatic hydroxyl groups excluding tert-OH is 1. The monoisotopic (exact) mass is 289 g/mol. The highest BCUT2D eigenvalue weighted by atomic mass is 32.1. The van der Waals surface area contributed by atoms with Gasteiger partial charge in [0.05, 0.1) is 11.2 Å². The zero-order chi connectivity index (χ0) is 13.9. The Hall–Kier alpha value is -1.92. The lowest BCUT2D eigenvalue weighted by atomic mass is 10.3. The molecule has 0 fully saturated rings. The normalized spacial score (nSPS) is 11.1. The van der Waals surface area contributed by atoms with Crippen molar-refractivity contribution in [3.05, 3.63) is 46.4 Å². The third-order valence-electron chi connectivity index (χ3n) is 3.18. The molecule has 3 aromatic heterocycles. The molecule has 3 aromatic rings. The minimum absolute atomic E-state index is 0.0965. The second kappa shape index (κ2) is 5.60. The maximum atomic E-state index is 9.05. The lowest BCUT2D eigenvalue weighted by Gasteiger charge is -2.05. The van der Waals surface area contributed by atoms with Gasteiger partial charge in [0.2, 0.25) is 0 Å². The van der Waals surface area contributed by atoms with Gasteiger partial charge in [0, 0.05) is 30.2 Å². The molecule has 0 saturated heterocycles. The molecular formula is C14H15N3O2S. The Morgan fingerprint density at radius 2 is 2.25 bits per heavy atom. The first-order chi connectivity index (χ1) is 9.78.